The maximum atomic E-state index is 6.11. The van der Waals surface area contributed by atoms with E-state index in [0.29, 0.717) is 12.1 Å². The molecule has 2 nitrogen and oxygen atoms in total. The van der Waals surface area contributed by atoms with Crippen molar-refractivity contribution >= 4 is 15.9 Å². The van der Waals surface area contributed by atoms with Crippen LogP contribution in [0.2, 0.25) is 0 Å². The molecule has 1 aliphatic carbocycles. The Hall–Kier alpha value is -0.380. The van der Waals surface area contributed by atoms with Crippen molar-refractivity contribution in [1.29, 1.82) is 0 Å². The summed E-state index contributed by atoms with van der Waals surface area (Å²) < 4.78 is 1.14. The lowest BCUT2D eigenvalue weighted by Gasteiger charge is -2.29. The molecule has 3 N–H and O–H groups in total. The smallest absolute Gasteiger partial charge is 0.0219 e. The third kappa shape index (κ3) is 4.09. The Bertz CT molecular complexity index is 337. The predicted octanol–water partition coefficient (Wildman–Crippen LogP) is 2.85. The molecule has 0 aromatic heterocycles. The fourth-order valence-corrected chi connectivity index (χ4v) is 2.73. The van der Waals surface area contributed by atoms with Crippen LogP contribution in [0, 0.1) is 0 Å². The van der Waals surface area contributed by atoms with Crippen LogP contribution in [-0.4, -0.2) is 18.6 Å². The number of benzene rings is 1. The van der Waals surface area contributed by atoms with Gasteiger partial charge in [-0.3, -0.25) is 0 Å². The van der Waals surface area contributed by atoms with E-state index in [1.165, 1.54) is 31.2 Å². The van der Waals surface area contributed by atoms with Gasteiger partial charge in [0.2, 0.25) is 0 Å². The summed E-state index contributed by atoms with van der Waals surface area (Å²) in [5.41, 5.74) is 7.49. The largest absolute Gasteiger partial charge is 0.326 e. The second-order valence-corrected chi connectivity index (χ2v) is 5.80. The third-order valence-electron chi connectivity index (χ3n) is 3.55. The summed E-state index contributed by atoms with van der Waals surface area (Å²) in [6, 6.07) is 9.43. The van der Waals surface area contributed by atoms with Gasteiger partial charge in [-0.25, -0.2) is 0 Å². The maximum Gasteiger partial charge on any atom is 0.0219 e. The van der Waals surface area contributed by atoms with E-state index in [9.17, 15) is 0 Å². The lowest BCUT2D eigenvalue weighted by atomic mass is 9.91. The van der Waals surface area contributed by atoms with Crippen LogP contribution in [0.25, 0.3) is 0 Å². The number of hydrogen-bond donors (Lipinski definition) is 2. The van der Waals surface area contributed by atoms with Gasteiger partial charge in [0.25, 0.3) is 0 Å². The molecule has 94 valence electrons. The van der Waals surface area contributed by atoms with Gasteiger partial charge in [0.1, 0.15) is 0 Å². The Morgan fingerprint density at radius 1 is 1.18 bits per heavy atom. The molecular formula is C14H21BrN2. The molecule has 1 aromatic rings. The Balaban J connectivity index is 1.73. The number of nitrogens with two attached hydrogens (primary N) is 1. The number of hydrogen-bond acceptors (Lipinski definition) is 2. The van der Waals surface area contributed by atoms with E-state index in [-0.39, 0.29) is 0 Å². The van der Waals surface area contributed by atoms with E-state index in [1.807, 2.05) is 0 Å². The van der Waals surface area contributed by atoms with Gasteiger partial charge in [-0.1, -0.05) is 40.9 Å². The van der Waals surface area contributed by atoms with E-state index in [0.717, 1.165) is 17.4 Å². The lowest BCUT2D eigenvalue weighted by Crippen LogP contribution is -2.47. The number of halogens is 1. The topological polar surface area (TPSA) is 38.0 Å². The van der Waals surface area contributed by atoms with Crippen LogP contribution in [0.15, 0.2) is 28.7 Å². The van der Waals surface area contributed by atoms with Crippen molar-refractivity contribution in [3.63, 3.8) is 0 Å². The fraction of sp³-hybridized carbons (Fsp3) is 0.571. The minimum atomic E-state index is 0.355. The number of rotatable bonds is 4. The zero-order chi connectivity index (χ0) is 12.1. The predicted molar refractivity (Wildman–Crippen MR) is 76.1 cm³/mol. The Kier molecular flexibility index (Phi) is 5.01. The maximum absolute atomic E-state index is 6.11. The summed E-state index contributed by atoms with van der Waals surface area (Å²) in [5, 5.41) is 3.60. The Labute approximate surface area is 112 Å². The lowest BCUT2D eigenvalue weighted by molar-refractivity contribution is 0.329. The standard InChI is InChI=1S/C14H21BrN2/c15-12-7-5-11(6-8-12)9-10-17-14-4-2-1-3-13(14)16/h5-8,13-14,17H,1-4,9-10,16H2. The summed E-state index contributed by atoms with van der Waals surface area (Å²) in [7, 11) is 0. The normalized spacial score (nSPS) is 24.8. The average Bonchev–Trinajstić information content (AvgIpc) is 2.34. The van der Waals surface area contributed by atoms with Crippen molar-refractivity contribution < 1.29 is 0 Å². The highest BCUT2D eigenvalue weighted by Crippen LogP contribution is 2.17. The van der Waals surface area contributed by atoms with E-state index < -0.39 is 0 Å². The molecule has 2 rings (SSSR count). The van der Waals surface area contributed by atoms with Crippen LogP contribution in [0.1, 0.15) is 31.2 Å². The summed E-state index contributed by atoms with van der Waals surface area (Å²) in [6.45, 7) is 1.03. The van der Waals surface area contributed by atoms with E-state index in [2.05, 4.69) is 45.5 Å². The van der Waals surface area contributed by atoms with Gasteiger partial charge < -0.3 is 11.1 Å². The molecule has 1 fully saturated rings. The van der Waals surface area contributed by atoms with Crippen molar-refractivity contribution in [3.8, 4) is 0 Å². The van der Waals surface area contributed by atoms with Gasteiger partial charge in [-0.15, -0.1) is 0 Å². The van der Waals surface area contributed by atoms with Crippen molar-refractivity contribution in [1.82, 2.24) is 5.32 Å². The van der Waals surface area contributed by atoms with E-state index in [1.54, 1.807) is 0 Å². The molecule has 0 radical (unpaired) electrons. The van der Waals surface area contributed by atoms with Gasteiger partial charge >= 0.3 is 0 Å². The first-order chi connectivity index (χ1) is 8.25. The summed E-state index contributed by atoms with van der Waals surface area (Å²) in [4.78, 5) is 0. The highest BCUT2D eigenvalue weighted by Gasteiger charge is 2.20. The SMILES string of the molecule is NC1CCCCC1NCCc1ccc(Br)cc1. The molecule has 0 amide bonds. The Morgan fingerprint density at radius 3 is 2.59 bits per heavy atom. The highest BCUT2D eigenvalue weighted by atomic mass is 79.9. The first kappa shape index (κ1) is 13.1. The second-order valence-electron chi connectivity index (χ2n) is 4.89. The molecule has 17 heavy (non-hydrogen) atoms. The quantitative estimate of drug-likeness (QED) is 0.897. The molecule has 2 unspecified atom stereocenters. The summed E-state index contributed by atoms with van der Waals surface area (Å²) >= 11 is 3.45. The molecule has 1 aromatic carbocycles. The molecule has 3 heteroatoms. The highest BCUT2D eigenvalue weighted by molar-refractivity contribution is 9.10. The molecule has 2 atom stereocenters. The molecule has 0 spiro atoms. The van der Waals surface area contributed by atoms with Crippen LogP contribution in [0.4, 0.5) is 0 Å². The second kappa shape index (κ2) is 6.53. The molecule has 0 heterocycles. The third-order valence-corrected chi connectivity index (χ3v) is 4.08. The van der Waals surface area contributed by atoms with Gasteiger partial charge in [0, 0.05) is 16.6 Å². The molecule has 1 aliphatic rings. The fourth-order valence-electron chi connectivity index (χ4n) is 2.47. The van der Waals surface area contributed by atoms with Crippen LogP contribution in [0.5, 0.6) is 0 Å². The van der Waals surface area contributed by atoms with Gasteiger partial charge in [-0.05, 0) is 43.5 Å². The first-order valence-corrected chi connectivity index (χ1v) is 7.28. The van der Waals surface area contributed by atoms with Gasteiger partial charge in [0.15, 0.2) is 0 Å². The van der Waals surface area contributed by atoms with E-state index in [4.69, 9.17) is 5.73 Å². The van der Waals surface area contributed by atoms with Crippen LogP contribution in [0.3, 0.4) is 0 Å². The first-order valence-electron chi connectivity index (χ1n) is 6.49. The summed E-state index contributed by atoms with van der Waals surface area (Å²) in [6.07, 6.45) is 6.11. The van der Waals surface area contributed by atoms with Crippen molar-refractivity contribution in [2.24, 2.45) is 5.73 Å². The Morgan fingerprint density at radius 2 is 1.88 bits per heavy atom. The van der Waals surface area contributed by atoms with Crippen LogP contribution >= 0.6 is 15.9 Å². The van der Waals surface area contributed by atoms with Crippen LogP contribution < -0.4 is 11.1 Å². The average molecular weight is 297 g/mol. The minimum absolute atomic E-state index is 0.355. The van der Waals surface area contributed by atoms with Crippen LogP contribution in [-0.2, 0) is 6.42 Å². The van der Waals surface area contributed by atoms with Crippen molar-refractivity contribution in [2.45, 2.75) is 44.2 Å². The molecule has 0 aliphatic heterocycles. The van der Waals surface area contributed by atoms with Gasteiger partial charge in [-0.2, -0.15) is 0 Å². The molecule has 1 saturated carbocycles. The number of nitrogens with one attached hydrogen (secondary N) is 1. The van der Waals surface area contributed by atoms with Crippen molar-refractivity contribution in [2.75, 3.05) is 6.54 Å². The van der Waals surface area contributed by atoms with Crippen molar-refractivity contribution in [3.05, 3.63) is 34.3 Å². The molecule has 0 saturated heterocycles. The zero-order valence-corrected chi connectivity index (χ0v) is 11.7. The molecular weight excluding hydrogens is 276 g/mol. The summed E-state index contributed by atoms with van der Waals surface area (Å²) in [5.74, 6) is 0. The van der Waals surface area contributed by atoms with E-state index >= 15 is 0 Å². The molecule has 0 bridgehead atoms. The minimum Gasteiger partial charge on any atom is -0.326 e. The zero-order valence-electron chi connectivity index (χ0n) is 10.2. The monoisotopic (exact) mass is 296 g/mol. The van der Waals surface area contributed by atoms with Gasteiger partial charge in [0.05, 0.1) is 0 Å².